The lowest BCUT2D eigenvalue weighted by atomic mass is 10.00. The predicted molar refractivity (Wildman–Crippen MR) is 99.4 cm³/mol. The molecule has 4 rings (SSSR count). The van der Waals surface area contributed by atoms with Gasteiger partial charge in [-0.1, -0.05) is 54.1 Å². The van der Waals surface area contributed by atoms with E-state index in [-0.39, 0.29) is 0 Å². The number of β-amino-alcohol motifs (C(OH)–C–C–N with tert-alkyl or cyclic N) is 1. The van der Waals surface area contributed by atoms with Gasteiger partial charge in [0.25, 0.3) is 0 Å². The molecular formula is C20H23N5O. The van der Waals surface area contributed by atoms with Gasteiger partial charge in [-0.25, -0.2) is 0 Å². The van der Waals surface area contributed by atoms with Gasteiger partial charge in [0.2, 0.25) is 5.82 Å². The molecule has 0 aliphatic carbocycles. The molecule has 1 aliphatic rings. The van der Waals surface area contributed by atoms with Crippen LogP contribution in [0.2, 0.25) is 0 Å². The molecule has 1 aromatic heterocycles. The maximum atomic E-state index is 10.4. The Kier molecular flexibility index (Phi) is 4.77. The highest BCUT2D eigenvalue weighted by molar-refractivity contribution is 5.53. The maximum Gasteiger partial charge on any atom is 0.204 e. The van der Waals surface area contributed by atoms with E-state index in [1.807, 2.05) is 31.2 Å². The number of benzene rings is 2. The van der Waals surface area contributed by atoms with Crippen molar-refractivity contribution in [2.45, 2.75) is 32.5 Å². The molecule has 0 unspecified atom stereocenters. The molecule has 1 aliphatic heterocycles. The average Bonchev–Trinajstić information content (AvgIpc) is 3.10. The molecule has 0 radical (unpaired) electrons. The molecule has 6 heteroatoms. The highest BCUT2D eigenvalue weighted by atomic mass is 16.3. The van der Waals surface area contributed by atoms with Crippen molar-refractivity contribution in [2.75, 3.05) is 13.1 Å². The quantitative estimate of drug-likeness (QED) is 0.764. The Balaban J connectivity index is 1.35. The number of aromatic nitrogens is 4. The van der Waals surface area contributed by atoms with Crippen molar-refractivity contribution in [2.24, 2.45) is 0 Å². The number of hydrogen-bond donors (Lipinski definition) is 1. The summed E-state index contributed by atoms with van der Waals surface area (Å²) < 4.78 is 0. The van der Waals surface area contributed by atoms with Crippen molar-refractivity contribution >= 4 is 0 Å². The number of rotatable bonds is 5. The minimum Gasteiger partial charge on any atom is -0.390 e. The third kappa shape index (κ3) is 3.81. The van der Waals surface area contributed by atoms with Gasteiger partial charge in [0, 0.05) is 25.2 Å². The van der Waals surface area contributed by atoms with E-state index in [0.717, 1.165) is 25.1 Å². The van der Waals surface area contributed by atoms with Crippen LogP contribution in [0.3, 0.4) is 0 Å². The van der Waals surface area contributed by atoms with Crippen LogP contribution < -0.4 is 0 Å². The molecular weight excluding hydrogens is 326 g/mol. The largest absolute Gasteiger partial charge is 0.390 e. The van der Waals surface area contributed by atoms with Gasteiger partial charge >= 0.3 is 0 Å². The summed E-state index contributed by atoms with van der Waals surface area (Å²) in [6.45, 7) is 4.84. The van der Waals surface area contributed by atoms with Crippen LogP contribution in [-0.4, -0.2) is 49.4 Å². The molecule has 26 heavy (non-hydrogen) atoms. The van der Waals surface area contributed by atoms with Gasteiger partial charge in [0.1, 0.15) is 0 Å². The van der Waals surface area contributed by atoms with Crippen molar-refractivity contribution in [3.63, 3.8) is 0 Å². The van der Waals surface area contributed by atoms with E-state index in [9.17, 15) is 5.11 Å². The Bertz CT molecular complexity index is 874. The first-order valence-corrected chi connectivity index (χ1v) is 8.99. The van der Waals surface area contributed by atoms with E-state index in [2.05, 4.69) is 44.6 Å². The molecule has 6 nitrogen and oxygen atoms in total. The van der Waals surface area contributed by atoms with Crippen LogP contribution >= 0.6 is 0 Å². The van der Waals surface area contributed by atoms with E-state index in [1.54, 1.807) is 0 Å². The summed E-state index contributed by atoms with van der Waals surface area (Å²) in [4.78, 5) is 3.77. The second-order valence-electron chi connectivity index (χ2n) is 6.94. The molecule has 0 saturated carbocycles. The smallest absolute Gasteiger partial charge is 0.204 e. The molecule has 3 aromatic rings. The van der Waals surface area contributed by atoms with Gasteiger partial charge in [-0.05, 0) is 29.7 Å². The number of aryl methyl sites for hydroxylation is 1. The lowest BCUT2D eigenvalue weighted by Crippen LogP contribution is -2.38. The highest BCUT2D eigenvalue weighted by Crippen LogP contribution is 2.19. The number of hydrogen-bond acceptors (Lipinski definition) is 5. The van der Waals surface area contributed by atoms with Crippen LogP contribution in [0.15, 0.2) is 48.5 Å². The van der Waals surface area contributed by atoms with Gasteiger partial charge in [-0.3, -0.25) is 4.90 Å². The van der Waals surface area contributed by atoms with Crippen molar-refractivity contribution in [1.82, 2.24) is 25.1 Å². The number of nitrogens with zero attached hydrogens (tertiary/aromatic N) is 5. The molecule has 0 saturated heterocycles. The number of aliphatic hydroxyl groups is 1. The fourth-order valence-corrected chi connectivity index (χ4v) is 3.39. The molecule has 134 valence electrons. The molecule has 0 spiro atoms. The van der Waals surface area contributed by atoms with E-state index in [1.165, 1.54) is 21.5 Å². The van der Waals surface area contributed by atoms with Crippen LogP contribution in [0.4, 0.5) is 0 Å². The maximum absolute atomic E-state index is 10.4. The van der Waals surface area contributed by atoms with Crippen LogP contribution in [0.1, 0.15) is 16.7 Å². The summed E-state index contributed by atoms with van der Waals surface area (Å²) in [7, 11) is 0. The summed E-state index contributed by atoms with van der Waals surface area (Å²) >= 11 is 0. The lowest BCUT2D eigenvalue weighted by Gasteiger charge is -2.30. The second-order valence-corrected chi connectivity index (χ2v) is 6.94. The fourth-order valence-electron chi connectivity index (χ4n) is 3.39. The Labute approximate surface area is 153 Å². The summed E-state index contributed by atoms with van der Waals surface area (Å²) in [6, 6.07) is 16.5. The fraction of sp³-hybridized carbons (Fsp3) is 0.350. The molecule has 0 bridgehead atoms. The number of fused-ring (bicyclic) bond motifs is 1. The number of tetrazole rings is 1. The third-order valence-electron chi connectivity index (χ3n) is 4.82. The van der Waals surface area contributed by atoms with Gasteiger partial charge in [0.05, 0.1) is 12.6 Å². The molecule has 2 aromatic carbocycles. The summed E-state index contributed by atoms with van der Waals surface area (Å²) in [6.07, 6.45) is 0.502. The monoisotopic (exact) mass is 349 g/mol. The van der Waals surface area contributed by atoms with Gasteiger partial charge in [-0.2, -0.15) is 4.80 Å². The Morgan fingerprint density at radius 1 is 1.04 bits per heavy atom. The zero-order valence-electron chi connectivity index (χ0n) is 14.9. The summed E-state index contributed by atoms with van der Waals surface area (Å²) in [5.74, 6) is 0.587. The van der Waals surface area contributed by atoms with Crippen LogP contribution in [0.25, 0.3) is 11.4 Å². The molecule has 1 N–H and O–H groups in total. The zero-order valence-corrected chi connectivity index (χ0v) is 14.9. The zero-order chi connectivity index (χ0) is 17.9. The predicted octanol–water partition coefficient (Wildman–Crippen LogP) is 2.07. The Morgan fingerprint density at radius 2 is 1.81 bits per heavy atom. The molecule has 0 fully saturated rings. The van der Waals surface area contributed by atoms with Crippen LogP contribution in [-0.2, 0) is 19.5 Å². The Morgan fingerprint density at radius 3 is 2.62 bits per heavy atom. The number of aliphatic hydroxyl groups excluding tert-OH is 1. The minimum atomic E-state index is -0.527. The van der Waals surface area contributed by atoms with Gasteiger partial charge in [0.15, 0.2) is 0 Å². The van der Waals surface area contributed by atoms with E-state index < -0.39 is 6.10 Å². The van der Waals surface area contributed by atoms with E-state index in [4.69, 9.17) is 0 Å². The normalized spacial score (nSPS) is 15.6. The third-order valence-corrected chi connectivity index (χ3v) is 4.82. The molecule has 2 heterocycles. The first-order valence-electron chi connectivity index (χ1n) is 8.99. The van der Waals surface area contributed by atoms with E-state index >= 15 is 0 Å². The van der Waals surface area contributed by atoms with E-state index in [0.29, 0.717) is 18.9 Å². The average molecular weight is 349 g/mol. The van der Waals surface area contributed by atoms with Crippen LogP contribution in [0, 0.1) is 6.92 Å². The van der Waals surface area contributed by atoms with Gasteiger partial charge < -0.3 is 5.11 Å². The minimum absolute atomic E-state index is 0.344. The van der Waals surface area contributed by atoms with Crippen molar-refractivity contribution in [3.8, 4) is 11.4 Å². The molecule has 0 amide bonds. The highest BCUT2D eigenvalue weighted by Gasteiger charge is 2.19. The standard InChI is InChI=1S/C20H23N5O/c1-15-6-8-17(9-7-15)20-21-23-25(22-20)14-19(26)13-24-11-10-16-4-2-3-5-18(16)12-24/h2-9,19,26H,10-14H2,1H3/t19-/m1/s1. The molecule has 1 atom stereocenters. The Hall–Kier alpha value is -2.57. The van der Waals surface area contributed by atoms with Crippen molar-refractivity contribution < 1.29 is 5.11 Å². The first kappa shape index (κ1) is 16.9. The van der Waals surface area contributed by atoms with Crippen LogP contribution in [0.5, 0.6) is 0 Å². The van der Waals surface area contributed by atoms with Crippen molar-refractivity contribution in [1.29, 1.82) is 0 Å². The summed E-state index contributed by atoms with van der Waals surface area (Å²) in [5, 5.41) is 23.0. The summed E-state index contributed by atoms with van der Waals surface area (Å²) in [5.41, 5.74) is 4.90. The first-order chi connectivity index (χ1) is 12.7. The van der Waals surface area contributed by atoms with Crippen molar-refractivity contribution in [3.05, 3.63) is 65.2 Å². The SMILES string of the molecule is Cc1ccc(-c2nnn(C[C@H](O)CN3CCc4ccccc4C3)n2)cc1. The topological polar surface area (TPSA) is 67.1 Å². The lowest BCUT2D eigenvalue weighted by molar-refractivity contribution is 0.0849. The van der Waals surface area contributed by atoms with Gasteiger partial charge in [-0.15, -0.1) is 10.2 Å². The second kappa shape index (κ2) is 7.35.